The fourth-order valence-corrected chi connectivity index (χ4v) is 3.25. The third-order valence-corrected chi connectivity index (χ3v) is 4.51. The number of benzene rings is 2. The Labute approximate surface area is 127 Å². The molecule has 2 aromatic carbocycles. The van der Waals surface area contributed by atoms with Gasteiger partial charge in [0, 0.05) is 13.1 Å². The molecule has 1 saturated heterocycles. The van der Waals surface area contributed by atoms with Crippen LogP contribution in [0.2, 0.25) is 0 Å². The van der Waals surface area contributed by atoms with Crippen LogP contribution in [0, 0.1) is 12.8 Å². The van der Waals surface area contributed by atoms with Crippen molar-refractivity contribution in [2.45, 2.75) is 26.2 Å². The number of hydrogen-bond acceptors (Lipinski definition) is 2. The topological polar surface area (TPSA) is 29.3 Å². The second-order valence-corrected chi connectivity index (χ2v) is 6.18. The monoisotopic (exact) mass is 280 g/mol. The lowest BCUT2D eigenvalue weighted by Gasteiger charge is -2.34. The minimum Gasteiger partial charge on any atom is -0.397 e. The average molecular weight is 280 g/mol. The first-order valence-electron chi connectivity index (χ1n) is 7.87. The number of piperidine rings is 1. The van der Waals surface area contributed by atoms with Gasteiger partial charge in [-0.3, -0.25) is 0 Å². The van der Waals surface area contributed by atoms with Crippen molar-refractivity contribution in [3.8, 4) is 0 Å². The lowest BCUT2D eigenvalue weighted by molar-refractivity contribution is 0.404. The molecule has 1 heterocycles. The van der Waals surface area contributed by atoms with E-state index in [1.54, 1.807) is 0 Å². The number of nitrogen functional groups attached to an aromatic ring is 1. The van der Waals surface area contributed by atoms with Crippen molar-refractivity contribution < 1.29 is 0 Å². The highest BCUT2D eigenvalue weighted by Crippen LogP contribution is 2.30. The normalized spacial score (nSPS) is 16.1. The molecular weight excluding hydrogens is 256 g/mol. The number of hydrogen-bond donors (Lipinski definition) is 1. The van der Waals surface area contributed by atoms with Gasteiger partial charge in [0.05, 0.1) is 11.4 Å². The van der Waals surface area contributed by atoms with E-state index in [-0.39, 0.29) is 0 Å². The Morgan fingerprint density at radius 2 is 1.76 bits per heavy atom. The van der Waals surface area contributed by atoms with Gasteiger partial charge in [-0.15, -0.1) is 0 Å². The highest BCUT2D eigenvalue weighted by Gasteiger charge is 2.20. The maximum absolute atomic E-state index is 6.14. The standard InChI is InChI=1S/C19H24N2/c1-15-7-8-18(20)19(13-15)21-11-9-17(10-12-21)14-16-5-3-2-4-6-16/h2-8,13,17H,9-12,14,20H2,1H3. The van der Waals surface area contributed by atoms with Crippen LogP contribution in [0.4, 0.5) is 11.4 Å². The minimum absolute atomic E-state index is 0.801. The van der Waals surface area contributed by atoms with E-state index in [4.69, 9.17) is 5.73 Å². The van der Waals surface area contributed by atoms with E-state index in [9.17, 15) is 0 Å². The van der Waals surface area contributed by atoms with Crippen molar-refractivity contribution in [1.29, 1.82) is 0 Å². The molecule has 2 aromatic rings. The molecular formula is C19H24N2. The molecule has 1 fully saturated rings. The molecule has 1 aliphatic rings. The Hall–Kier alpha value is -1.96. The highest BCUT2D eigenvalue weighted by molar-refractivity contribution is 5.68. The molecule has 3 rings (SSSR count). The van der Waals surface area contributed by atoms with E-state index in [1.807, 2.05) is 6.07 Å². The Morgan fingerprint density at radius 1 is 1.05 bits per heavy atom. The summed E-state index contributed by atoms with van der Waals surface area (Å²) in [5, 5.41) is 0. The number of aryl methyl sites for hydroxylation is 1. The van der Waals surface area contributed by atoms with E-state index >= 15 is 0 Å². The van der Waals surface area contributed by atoms with E-state index in [0.29, 0.717) is 0 Å². The second kappa shape index (κ2) is 6.21. The summed E-state index contributed by atoms with van der Waals surface area (Å²) in [7, 11) is 0. The molecule has 0 spiro atoms. The van der Waals surface area contributed by atoms with Gasteiger partial charge >= 0.3 is 0 Å². The average Bonchev–Trinajstić information content (AvgIpc) is 2.52. The van der Waals surface area contributed by atoms with Gasteiger partial charge < -0.3 is 10.6 Å². The maximum Gasteiger partial charge on any atom is 0.0602 e. The summed E-state index contributed by atoms with van der Waals surface area (Å²) >= 11 is 0. The van der Waals surface area contributed by atoms with Crippen LogP contribution in [0.5, 0.6) is 0 Å². The summed E-state index contributed by atoms with van der Waals surface area (Å²) in [6.07, 6.45) is 3.71. The Balaban J connectivity index is 1.61. The van der Waals surface area contributed by atoms with Crippen molar-refractivity contribution in [2.24, 2.45) is 5.92 Å². The molecule has 2 heteroatoms. The molecule has 2 N–H and O–H groups in total. The molecule has 0 bridgehead atoms. The van der Waals surface area contributed by atoms with Gasteiger partial charge in [-0.1, -0.05) is 36.4 Å². The largest absolute Gasteiger partial charge is 0.397 e. The Morgan fingerprint density at radius 3 is 2.48 bits per heavy atom. The van der Waals surface area contributed by atoms with Gasteiger partial charge in [0.25, 0.3) is 0 Å². The van der Waals surface area contributed by atoms with Gasteiger partial charge in [-0.2, -0.15) is 0 Å². The first-order chi connectivity index (χ1) is 10.2. The van der Waals surface area contributed by atoms with Gasteiger partial charge in [-0.25, -0.2) is 0 Å². The second-order valence-electron chi connectivity index (χ2n) is 6.18. The van der Waals surface area contributed by atoms with Crippen molar-refractivity contribution in [3.05, 3.63) is 59.7 Å². The fourth-order valence-electron chi connectivity index (χ4n) is 3.25. The number of anilines is 2. The summed E-state index contributed by atoms with van der Waals surface area (Å²) in [4.78, 5) is 2.45. The van der Waals surface area contributed by atoms with E-state index < -0.39 is 0 Å². The zero-order chi connectivity index (χ0) is 14.7. The molecule has 0 saturated carbocycles. The molecule has 0 unspecified atom stereocenters. The molecule has 21 heavy (non-hydrogen) atoms. The van der Waals surface area contributed by atoms with Crippen LogP contribution in [0.25, 0.3) is 0 Å². The maximum atomic E-state index is 6.14. The fraction of sp³-hybridized carbons (Fsp3) is 0.368. The smallest absolute Gasteiger partial charge is 0.0602 e. The third kappa shape index (κ3) is 3.38. The first-order valence-corrected chi connectivity index (χ1v) is 7.87. The highest BCUT2D eigenvalue weighted by atomic mass is 15.1. The van der Waals surface area contributed by atoms with E-state index in [2.05, 4.69) is 54.3 Å². The number of nitrogens with two attached hydrogens (primary N) is 1. The molecule has 1 aliphatic heterocycles. The van der Waals surface area contributed by atoms with Gasteiger partial charge in [0.15, 0.2) is 0 Å². The number of rotatable bonds is 3. The first kappa shape index (κ1) is 14.0. The summed E-state index contributed by atoms with van der Waals surface area (Å²) in [5.74, 6) is 0.801. The predicted molar refractivity (Wildman–Crippen MR) is 90.7 cm³/mol. The van der Waals surface area contributed by atoms with Crippen LogP contribution in [0.3, 0.4) is 0 Å². The summed E-state index contributed by atoms with van der Waals surface area (Å²) < 4.78 is 0. The van der Waals surface area contributed by atoms with Gasteiger partial charge in [0.1, 0.15) is 0 Å². The van der Waals surface area contributed by atoms with Crippen molar-refractivity contribution >= 4 is 11.4 Å². The predicted octanol–water partition coefficient (Wildman–Crippen LogP) is 4.04. The third-order valence-electron chi connectivity index (χ3n) is 4.51. The van der Waals surface area contributed by atoms with Crippen molar-refractivity contribution in [2.75, 3.05) is 23.7 Å². The summed E-state index contributed by atoms with van der Waals surface area (Å²) in [5.41, 5.74) is 11.0. The quantitative estimate of drug-likeness (QED) is 0.860. The summed E-state index contributed by atoms with van der Waals surface area (Å²) in [6.45, 7) is 4.36. The van der Waals surface area contributed by atoms with Crippen LogP contribution < -0.4 is 10.6 Å². The molecule has 0 radical (unpaired) electrons. The zero-order valence-electron chi connectivity index (χ0n) is 12.8. The molecule has 2 nitrogen and oxygen atoms in total. The van der Waals surface area contributed by atoms with Gasteiger partial charge in [-0.05, 0) is 55.4 Å². The lowest BCUT2D eigenvalue weighted by atomic mass is 9.90. The minimum atomic E-state index is 0.801. The van der Waals surface area contributed by atoms with Gasteiger partial charge in [0.2, 0.25) is 0 Å². The molecule has 110 valence electrons. The SMILES string of the molecule is Cc1ccc(N)c(N2CCC(Cc3ccccc3)CC2)c1. The van der Waals surface area contributed by atoms with E-state index in [1.165, 1.54) is 36.1 Å². The van der Waals surface area contributed by atoms with Crippen LogP contribution >= 0.6 is 0 Å². The molecule has 0 aliphatic carbocycles. The van der Waals surface area contributed by atoms with Crippen LogP contribution in [0.1, 0.15) is 24.0 Å². The van der Waals surface area contributed by atoms with Crippen molar-refractivity contribution in [3.63, 3.8) is 0 Å². The number of nitrogens with zero attached hydrogens (tertiary/aromatic N) is 1. The summed E-state index contributed by atoms with van der Waals surface area (Å²) in [6, 6.07) is 17.2. The zero-order valence-corrected chi connectivity index (χ0v) is 12.8. The van der Waals surface area contributed by atoms with Crippen molar-refractivity contribution in [1.82, 2.24) is 0 Å². The molecule has 0 aromatic heterocycles. The molecule has 0 amide bonds. The van der Waals surface area contributed by atoms with E-state index in [0.717, 1.165) is 24.7 Å². The molecule has 0 atom stereocenters. The Kier molecular flexibility index (Phi) is 4.14. The van der Waals surface area contributed by atoms with Crippen LogP contribution in [-0.2, 0) is 6.42 Å². The lowest BCUT2D eigenvalue weighted by Crippen LogP contribution is -2.34. The Bertz CT molecular complexity index is 584. The van der Waals surface area contributed by atoms with Crippen LogP contribution in [0.15, 0.2) is 48.5 Å². The van der Waals surface area contributed by atoms with Crippen LogP contribution in [-0.4, -0.2) is 13.1 Å².